The highest BCUT2D eigenvalue weighted by atomic mass is 16.2. The summed E-state index contributed by atoms with van der Waals surface area (Å²) in [5.41, 5.74) is 0.790. The van der Waals surface area contributed by atoms with Crippen LogP contribution in [0.2, 0.25) is 0 Å². The zero-order valence-electron chi connectivity index (χ0n) is 15.1. The van der Waals surface area contributed by atoms with Crippen molar-refractivity contribution in [3.8, 4) is 0 Å². The summed E-state index contributed by atoms with van der Waals surface area (Å²) in [6.07, 6.45) is 6.25. The van der Waals surface area contributed by atoms with Crippen LogP contribution in [0.25, 0.3) is 0 Å². The Bertz CT molecular complexity index is 766. The Morgan fingerprint density at radius 2 is 2.08 bits per heavy atom. The molecule has 2 saturated carbocycles. The fourth-order valence-electron chi connectivity index (χ4n) is 3.61. The number of rotatable bonds is 6. The number of carbonyl (C=O) groups excluding carboxylic acids is 1. The van der Waals surface area contributed by atoms with E-state index in [-0.39, 0.29) is 11.9 Å². The molecule has 4 rings (SSSR count). The van der Waals surface area contributed by atoms with Gasteiger partial charge in [-0.1, -0.05) is 0 Å². The Labute approximate surface area is 148 Å². The Morgan fingerprint density at radius 3 is 2.76 bits per heavy atom. The Morgan fingerprint density at radius 1 is 1.32 bits per heavy atom. The molecule has 0 spiro atoms. The highest BCUT2D eigenvalue weighted by Gasteiger charge is 2.36. The van der Waals surface area contributed by atoms with E-state index in [0.29, 0.717) is 12.0 Å². The largest absolute Gasteiger partial charge is 0.348 e. The number of amides is 1. The lowest BCUT2D eigenvalue weighted by atomic mass is 9.79. The average Bonchev–Trinajstić information content (AvgIpc) is 3.16. The molecule has 2 fully saturated rings. The maximum Gasteiger partial charge on any atom is 0.268 e. The van der Waals surface area contributed by atoms with Gasteiger partial charge >= 0.3 is 0 Å². The van der Waals surface area contributed by atoms with Crippen molar-refractivity contribution in [1.29, 1.82) is 0 Å². The number of nitrogens with one attached hydrogen (secondary N) is 1. The first kappa shape index (κ1) is 16.3. The molecule has 2 aromatic rings. The predicted molar refractivity (Wildman–Crippen MR) is 94.3 cm³/mol. The minimum Gasteiger partial charge on any atom is -0.348 e. The Hall–Kier alpha value is -2.15. The molecule has 0 saturated heterocycles. The van der Waals surface area contributed by atoms with Crippen molar-refractivity contribution in [2.45, 2.75) is 50.2 Å². The van der Waals surface area contributed by atoms with Gasteiger partial charge in [0.1, 0.15) is 17.3 Å². The minimum atomic E-state index is 0.0478. The maximum atomic E-state index is 12.5. The quantitative estimate of drug-likeness (QED) is 0.867. The molecule has 25 heavy (non-hydrogen) atoms. The van der Waals surface area contributed by atoms with Crippen LogP contribution in [0.15, 0.2) is 18.3 Å². The van der Waals surface area contributed by atoms with Crippen LogP contribution in [0.5, 0.6) is 0 Å². The SMILES string of the molecule is CN(C)Cc1nnc(C2CC(NC(=O)c3cccn3C3CC3)C2)n1C. The molecule has 0 radical (unpaired) electrons. The molecule has 0 atom stereocenters. The second-order valence-electron chi connectivity index (χ2n) is 7.64. The van der Waals surface area contributed by atoms with Crippen LogP contribution in [0.4, 0.5) is 0 Å². The molecule has 7 heteroatoms. The summed E-state index contributed by atoms with van der Waals surface area (Å²) in [6, 6.07) is 4.63. The van der Waals surface area contributed by atoms with Crippen molar-refractivity contribution in [2.75, 3.05) is 14.1 Å². The summed E-state index contributed by atoms with van der Waals surface area (Å²) >= 11 is 0. The molecule has 7 nitrogen and oxygen atoms in total. The normalized spacial score (nSPS) is 22.9. The zero-order chi connectivity index (χ0) is 17.6. The van der Waals surface area contributed by atoms with Gasteiger partial charge in [-0.2, -0.15) is 0 Å². The van der Waals surface area contributed by atoms with Crippen LogP contribution in [-0.4, -0.2) is 50.3 Å². The van der Waals surface area contributed by atoms with Gasteiger partial charge in [0.2, 0.25) is 0 Å². The van der Waals surface area contributed by atoms with Gasteiger partial charge in [-0.3, -0.25) is 4.79 Å². The molecule has 1 N–H and O–H groups in total. The van der Waals surface area contributed by atoms with Gasteiger partial charge in [0.15, 0.2) is 0 Å². The molecule has 1 amide bonds. The van der Waals surface area contributed by atoms with Crippen LogP contribution >= 0.6 is 0 Å². The third-order valence-corrected chi connectivity index (χ3v) is 5.25. The summed E-state index contributed by atoms with van der Waals surface area (Å²) in [5, 5.41) is 11.8. The maximum absolute atomic E-state index is 12.5. The van der Waals surface area contributed by atoms with Crippen LogP contribution in [-0.2, 0) is 13.6 Å². The number of hydrogen-bond acceptors (Lipinski definition) is 4. The second-order valence-corrected chi connectivity index (χ2v) is 7.64. The van der Waals surface area contributed by atoms with E-state index in [1.54, 1.807) is 0 Å². The van der Waals surface area contributed by atoms with Crippen LogP contribution < -0.4 is 5.32 Å². The van der Waals surface area contributed by atoms with Crippen molar-refractivity contribution in [2.24, 2.45) is 7.05 Å². The highest BCUT2D eigenvalue weighted by Crippen LogP contribution is 2.37. The molecule has 2 aliphatic rings. The third-order valence-electron chi connectivity index (χ3n) is 5.25. The summed E-state index contributed by atoms with van der Waals surface area (Å²) in [4.78, 5) is 14.6. The summed E-state index contributed by atoms with van der Waals surface area (Å²) in [6.45, 7) is 0.786. The number of nitrogens with zero attached hydrogens (tertiary/aromatic N) is 5. The van der Waals surface area contributed by atoms with E-state index >= 15 is 0 Å². The molecular formula is C18H26N6O. The first-order valence-corrected chi connectivity index (χ1v) is 9.03. The van der Waals surface area contributed by atoms with E-state index in [4.69, 9.17) is 0 Å². The van der Waals surface area contributed by atoms with Gasteiger partial charge < -0.3 is 19.4 Å². The van der Waals surface area contributed by atoms with Crippen molar-refractivity contribution in [1.82, 2.24) is 29.5 Å². The molecule has 2 aromatic heterocycles. The fraction of sp³-hybridized carbons (Fsp3) is 0.611. The van der Waals surface area contributed by atoms with Crippen molar-refractivity contribution >= 4 is 5.91 Å². The molecule has 0 aromatic carbocycles. The monoisotopic (exact) mass is 342 g/mol. The minimum absolute atomic E-state index is 0.0478. The summed E-state index contributed by atoms with van der Waals surface area (Å²) in [5.74, 6) is 2.44. The van der Waals surface area contributed by atoms with Gasteiger partial charge in [-0.15, -0.1) is 10.2 Å². The van der Waals surface area contributed by atoms with E-state index in [1.165, 1.54) is 12.8 Å². The van der Waals surface area contributed by atoms with E-state index in [0.717, 1.165) is 36.7 Å². The molecule has 0 unspecified atom stereocenters. The standard InChI is InChI=1S/C18H26N6O/c1-22(2)11-16-20-21-17(23(16)3)12-9-13(10-12)19-18(25)15-5-4-8-24(15)14-6-7-14/h4-5,8,12-14H,6-7,9-11H2,1-3H3,(H,19,25). The molecule has 2 aliphatic carbocycles. The lowest BCUT2D eigenvalue weighted by Gasteiger charge is -2.35. The van der Waals surface area contributed by atoms with Crippen molar-refractivity contribution in [3.63, 3.8) is 0 Å². The number of aromatic nitrogens is 4. The first-order chi connectivity index (χ1) is 12.0. The van der Waals surface area contributed by atoms with Crippen LogP contribution in [0.3, 0.4) is 0 Å². The fourth-order valence-corrected chi connectivity index (χ4v) is 3.61. The smallest absolute Gasteiger partial charge is 0.268 e. The van der Waals surface area contributed by atoms with Gasteiger partial charge in [-0.05, 0) is 51.9 Å². The molecule has 134 valence electrons. The van der Waals surface area contributed by atoms with Crippen LogP contribution in [0, 0.1) is 0 Å². The molecule has 0 bridgehead atoms. The Kier molecular flexibility index (Phi) is 4.11. The molecular weight excluding hydrogens is 316 g/mol. The van der Waals surface area contributed by atoms with Gasteiger partial charge in [0.25, 0.3) is 5.91 Å². The van der Waals surface area contributed by atoms with Gasteiger partial charge in [0, 0.05) is 31.2 Å². The first-order valence-electron chi connectivity index (χ1n) is 9.03. The van der Waals surface area contributed by atoms with Crippen molar-refractivity contribution in [3.05, 3.63) is 35.7 Å². The van der Waals surface area contributed by atoms with Crippen molar-refractivity contribution < 1.29 is 4.79 Å². The topological polar surface area (TPSA) is 68.0 Å². The number of carbonyl (C=O) groups is 1. The van der Waals surface area contributed by atoms with Gasteiger partial charge in [-0.25, -0.2) is 0 Å². The Balaban J connectivity index is 1.34. The van der Waals surface area contributed by atoms with Gasteiger partial charge in [0.05, 0.1) is 6.54 Å². The molecule has 2 heterocycles. The van der Waals surface area contributed by atoms with E-state index < -0.39 is 0 Å². The van der Waals surface area contributed by atoms with E-state index in [9.17, 15) is 4.79 Å². The lowest BCUT2D eigenvalue weighted by molar-refractivity contribution is 0.0897. The third kappa shape index (κ3) is 3.20. The summed E-state index contributed by atoms with van der Waals surface area (Å²) < 4.78 is 4.21. The molecule has 0 aliphatic heterocycles. The van der Waals surface area contributed by atoms with E-state index in [2.05, 4.69) is 29.5 Å². The van der Waals surface area contributed by atoms with E-state index in [1.807, 2.05) is 39.5 Å². The van der Waals surface area contributed by atoms with Crippen LogP contribution in [0.1, 0.15) is 59.8 Å². The lowest BCUT2D eigenvalue weighted by Crippen LogP contribution is -2.44. The summed E-state index contributed by atoms with van der Waals surface area (Å²) in [7, 11) is 6.09. The highest BCUT2D eigenvalue weighted by molar-refractivity contribution is 5.93. The zero-order valence-corrected chi connectivity index (χ0v) is 15.1. The number of hydrogen-bond donors (Lipinski definition) is 1. The second kappa shape index (κ2) is 6.29. The average molecular weight is 342 g/mol. The predicted octanol–water partition coefficient (Wildman–Crippen LogP) is 1.69.